The maximum absolute atomic E-state index is 12.0. The molecule has 0 saturated carbocycles. The van der Waals surface area contributed by atoms with Gasteiger partial charge in [0.2, 0.25) is 0 Å². The van der Waals surface area contributed by atoms with Crippen LogP contribution in [0.3, 0.4) is 0 Å². The van der Waals surface area contributed by atoms with Gasteiger partial charge in [0, 0.05) is 37.3 Å². The van der Waals surface area contributed by atoms with E-state index in [9.17, 15) is 4.79 Å². The first-order chi connectivity index (χ1) is 13.2. The Balaban J connectivity index is 1.44. The molecule has 2 aromatic rings. The molecule has 1 aromatic carbocycles. The Morgan fingerprint density at radius 2 is 2.07 bits per heavy atom. The molecular formula is C18H23ClN6O2. The first-order valence-electron chi connectivity index (χ1n) is 8.85. The Kier molecular flexibility index (Phi) is 6.54. The number of benzene rings is 1. The molecule has 2 heterocycles. The molecule has 1 aliphatic heterocycles. The van der Waals surface area contributed by atoms with E-state index in [1.165, 1.54) is 20.0 Å². The lowest BCUT2D eigenvalue weighted by Gasteiger charge is -2.17. The SMILES string of the molecule is COc1ccc(Cl)cc1NC(=O)NCCNc1cc(N2CCCC2)cnn1. The molecule has 0 radical (unpaired) electrons. The number of amides is 2. The fourth-order valence-electron chi connectivity index (χ4n) is 2.90. The van der Waals surface area contributed by atoms with E-state index in [0.717, 1.165) is 18.8 Å². The molecule has 3 N–H and O–H groups in total. The van der Waals surface area contributed by atoms with Gasteiger partial charge in [-0.3, -0.25) is 0 Å². The van der Waals surface area contributed by atoms with Crippen LogP contribution in [0.15, 0.2) is 30.5 Å². The maximum Gasteiger partial charge on any atom is 0.319 e. The summed E-state index contributed by atoms with van der Waals surface area (Å²) in [7, 11) is 1.54. The summed E-state index contributed by atoms with van der Waals surface area (Å²) < 4.78 is 5.21. The Morgan fingerprint density at radius 1 is 1.26 bits per heavy atom. The van der Waals surface area contributed by atoms with Gasteiger partial charge in [0.05, 0.1) is 24.7 Å². The zero-order valence-electron chi connectivity index (χ0n) is 15.2. The van der Waals surface area contributed by atoms with E-state index in [2.05, 4.69) is 31.0 Å². The van der Waals surface area contributed by atoms with Crippen LogP contribution in [-0.4, -0.2) is 49.5 Å². The number of rotatable bonds is 7. The summed E-state index contributed by atoms with van der Waals surface area (Å²) in [5, 5.41) is 17.3. The summed E-state index contributed by atoms with van der Waals surface area (Å²) in [5.74, 6) is 1.24. The number of methoxy groups -OCH3 is 1. The van der Waals surface area contributed by atoms with E-state index in [-0.39, 0.29) is 6.03 Å². The third-order valence-corrected chi connectivity index (χ3v) is 4.47. The van der Waals surface area contributed by atoms with Crippen molar-refractivity contribution in [2.45, 2.75) is 12.8 Å². The van der Waals surface area contributed by atoms with Crippen LogP contribution < -0.4 is 25.6 Å². The topological polar surface area (TPSA) is 91.4 Å². The highest BCUT2D eigenvalue weighted by molar-refractivity contribution is 6.31. The quantitative estimate of drug-likeness (QED) is 0.629. The third kappa shape index (κ3) is 5.37. The summed E-state index contributed by atoms with van der Waals surface area (Å²) in [6, 6.07) is 6.68. The molecule has 9 heteroatoms. The Bertz CT molecular complexity index is 782. The van der Waals surface area contributed by atoms with Crippen molar-refractivity contribution < 1.29 is 9.53 Å². The van der Waals surface area contributed by atoms with Crippen molar-refractivity contribution in [1.29, 1.82) is 0 Å². The molecule has 1 fully saturated rings. The molecule has 1 aromatic heterocycles. The van der Waals surface area contributed by atoms with Crippen LogP contribution >= 0.6 is 11.6 Å². The molecule has 1 saturated heterocycles. The largest absolute Gasteiger partial charge is 0.495 e. The molecule has 1 aliphatic rings. The monoisotopic (exact) mass is 390 g/mol. The average molecular weight is 391 g/mol. The number of aromatic nitrogens is 2. The standard InChI is InChI=1S/C18H23ClN6O2/c1-27-16-5-4-13(19)10-15(16)23-18(26)21-7-6-20-17-11-14(12-22-24-17)25-8-2-3-9-25/h4-5,10-12H,2-3,6-9H2,1H3,(H,20,24)(H2,21,23,26). The molecule has 8 nitrogen and oxygen atoms in total. The smallest absolute Gasteiger partial charge is 0.319 e. The molecule has 0 spiro atoms. The number of ether oxygens (including phenoxy) is 1. The number of nitrogens with one attached hydrogen (secondary N) is 3. The minimum Gasteiger partial charge on any atom is -0.495 e. The van der Waals surface area contributed by atoms with Crippen LogP contribution in [0.4, 0.5) is 22.0 Å². The minimum absolute atomic E-state index is 0.339. The molecule has 27 heavy (non-hydrogen) atoms. The van der Waals surface area contributed by atoms with Gasteiger partial charge in [-0.25, -0.2) is 4.79 Å². The van der Waals surface area contributed by atoms with Crippen molar-refractivity contribution >= 4 is 34.8 Å². The van der Waals surface area contributed by atoms with E-state index >= 15 is 0 Å². The zero-order chi connectivity index (χ0) is 19.1. The predicted octanol–water partition coefficient (Wildman–Crippen LogP) is 2.97. The van der Waals surface area contributed by atoms with E-state index < -0.39 is 0 Å². The van der Waals surface area contributed by atoms with Gasteiger partial charge in [0.25, 0.3) is 0 Å². The highest BCUT2D eigenvalue weighted by Crippen LogP contribution is 2.27. The Labute approximate surface area is 163 Å². The van der Waals surface area contributed by atoms with Crippen molar-refractivity contribution in [3.05, 3.63) is 35.5 Å². The second-order valence-electron chi connectivity index (χ2n) is 6.15. The number of anilines is 3. The average Bonchev–Trinajstić information content (AvgIpc) is 3.21. The van der Waals surface area contributed by atoms with Gasteiger partial charge in [-0.05, 0) is 31.0 Å². The van der Waals surface area contributed by atoms with Gasteiger partial charge >= 0.3 is 6.03 Å². The Morgan fingerprint density at radius 3 is 2.85 bits per heavy atom. The van der Waals surface area contributed by atoms with E-state index in [4.69, 9.17) is 16.3 Å². The summed E-state index contributed by atoms with van der Waals surface area (Å²) in [6.07, 6.45) is 4.20. The summed E-state index contributed by atoms with van der Waals surface area (Å²) in [5.41, 5.74) is 1.59. The maximum atomic E-state index is 12.0. The van der Waals surface area contributed by atoms with Crippen LogP contribution in [-0.2, 0) is 0 Å². The van der Waals surface area contributed by atoms with Gasteiger partial charge in [-0.2, -0.15) is 5.10 Å². The van der Waals surface area contributed by atoms with Gasteiger partial charge in [0.1, 0.15) is 5.75 Å². The van der Waals surface area contributed by atoms with Crippen molar-refractivity contribution in [2.24, 2.45) is 0 Å². The lowest BCUT2D eigenvalue weighted by Crippen LogP contribution is -2.32. The van der Waals surface area contributed by atoms with Crippen LogP contribution in [0.2, 0.25) is 5.02 Å². The lowest BCUT2D eigenvalue weighted by atomic mass is 10.3. The number of carbonyl (C=O) groups excluding carboxylic acids is 1. The van der Waals surface area contributed by atoms with Crippen molar-refractivity contribution in [3.63, 3.8) is 0 Å². The summed E-state index contributed by atoms with van der Waals surface area (Å²) in [4.78, 5) is 14.3. The molecule has 0 aliphatic carbocycles. The van der Waals surface area contributed by atoms with Gasteiger partial charge in [-0.1, -0.05) is 11.6 Å². The summed E-state index contributed by atoms with van der Waals surface area (Å²) >= 11 is 5.96. The van der Waals surface area contributed by atoms with Crippen LogP contribution in [0, 0.1) is 0 Å². The first kappa shape index (κ1) is 19.0. The highest BCUT2D eigenvalue weighted by atomic mass is 35.5. The van der Waals surface area contributed by atoms with E-state index in [1.807, 2.05) is 6.07 Å². The zero-order valence-corrected chi connectivity index (χ0v) is 15.9. The number of halogens is 1. The molecular weight excluding hydrogens is 368 g/mol. The molecule has 2 amide bonds. The second-order valence-corrected chi connectivity index (χ2v) is 6.58. The first-order valence-corrected chi connectivity index (χ1v) is 9.23. The Hall–Kier alpha value is -2.74. The number of hydrogen-bond acceptors (Lipinski definition) is 6. The molecule has 0 atom stereocenters. The minimum atomic E-state index is -0.339. The van der Waals surface area contributed by atoms with Gasteiger partial charge in [0.15, 0.2) is 5.82 Å². The molecule has 3 rings (SSSR count). The normalized spacial score (nSPS) is 13.3. The number of hydrogen-bond donors (Lipinski definition) is 3. The fourth-order valence-corrected chi connectivity index (χ4v) is 3.07. The van der Waals surface area contributed by atoms with Crippen molar-refractivity contribution in [2.75, 3.05) is 48.8 Å². The van der Waals surface area contributed by atoms with Crippen molar-refractivity contribution in [1.82, 2.24) is 15.5 Å². The number of nitrogens with zero attached hydrogens (tertiary/aromatic N) is 3. The molecule has 144 valence electrons. The van der Waals surface area contributed by atoms with Crippen LogP contribution in [0.5, 0.6) is 5.75 Å². The second kappa shape index (κ2) is 9.27. The van der Waals surface area contributed by atoms with Crippen molar-refractivity contribution in [3.8, 4) is 5.75 Å². The van der Waals surface area contributed by atoms with E-state index in [0.29, 0.717) is 35.4 Å². The third-order valence-electron chi connectivity index (χ3n) is 4.24. The fraction of sp³-hybridized carbons (Fsp3) is 0.389. The number of carbonyl (C=O) groups is 1. The highest BCUT2D eigenvalue weighted by Gasteiger charge is 2.13. The van der Waals surface area contributed by atoms with Gasteiger partial charge < -0.3 is 25.6 Å². The van der Waals surface area contributed by atoms with E-state index in [1.54, 1.807) is 24.4 Å². The lowest BCUT2D eigenvalue weighted by molar-refractivity contribution is 0.252. The summed E-state index contributed by atoms with van der Waals surface area (Å²) in [6.45, 7) is 3.06. The predicted molar refractivity (Wildman–Crippen MR) is 107 cm³/mol. The molecule has 0 unspecified atom stereocenters. The molecule has 0 bridgehead atoms. The van der Waals surface area contributed by atoms with Crippen LogP contribution in [0.25, 0.3) is 0 Å². The van der Waals surface area contributed by atoms with Gasteiger partial charge in [-0.15, -0.1) is 5.10 Å². The van der Waals surface area contributed by atoms with Crippen LogP contribution in [0.1, 0.15) is 12.8 Å². The number of urea groups is 1.